The molecule has 0 spiro atoms. The minimum atomic E-state index is -0.0341. The van der Waals surface area contributed by atoms with Gasteiger partial charge >= 0.3 is 5.97 Å². The van der Waals surface area contributed by atoms with Crippen LogP contribution in [0.15, 0.2) is 24.3 Å². The van der Waals surface area contributed by atoms with Crippen molar-refractivity contribution in [3.63, 3.8) is 0 Å². The second-order valence-corrected chi connectivity index (χ2v) is 6.32. The molecule has 0 saturated heterocycles. The zero-order valence-electron chi connectivity index (χ0n) is 13.4. The van der Waals surface area contributed by atoms with Crippen molar-refractivity contribution in [2.24, 2.45) is 11.8 Å². The summed E-state index contributed by atoms with van der Waals surface area (Å²) in [4.78, 5) is 12.2. The van der Waals surface area contributed by atoms with Gasteiger partial charge in [-0.25, -0.2) is 0 Å². The third kappa shape index (κ3) is 4.87. The highest BCUT2D eigenvalue weighted by Gasteiger charge is 2.27. The molecular formula is C19H28O2. The highest BCUT2D eigenvalue weighted by Crippen LogP contribution is 2.32. The molecule has 0 heterocycles. The second-order valence-electron chi connectivity index (χ2n) is 6.32. The molecule has 2 rings (SSSR count). The fraction of sp³-hybridized carbons (Fsp3) is 0.632. The monoisotopic (exact) mass is 288 g/mol. The summed E-state index contributed by atoms with van der Waals surface area (Å²) in [6, 6.07) is 7.96. The standard InChI is InChI=1S/C19H28O2/c1-3-5-15-7-11-17(12-8-15)19(20)21-18-13-9-16(6-4-2)10-14-18/h9-10,13-15,17H,3-8,11-12H2,1-2H3/t15-,17-. The molecule has 116 valence electrons. The van der Waals surface area contributed by atoms with E-state index < -0.39 is 0 Å². The van der Waals surface area contributed by atoms with Gasteiger partial charge in [-0.1, -0.05) is 45.2 Å². The van der Waals surface area contributed by atoms with E-state index in [0.717, 1.165) is 31.6 Å². The SMILES string of the molecule is CCCc1ccc(OC(=O)[C@H]2CC[C@H](CCC)CC2)cc1. The Balaban J connectivity index is 1.81. The van der Waals surface area contributed by atoms with Crippen molar-refractivity contribution in [1.29, 1.82) is 0 Å². The zero-order valence-corrected chi connectivity index (χ0v) is 13.4. The summed E-state index contributed by atoms with van der Waals surface area (Å²) >= 11 is 0. The van der Waals surface area contributed by atoms with Crippen LogP contribution in [-0.4, -0.2) is 5.97 Å². The van der Waals surface area contributed by atoms with Gasteiger partial charge in [0.25, 0.3) is 0 Å². The summed E-state index contributed by atoms with van der Waals surface area (Å²) in [7, 11) is 0. The Hall–Kier alpha value is -1.31. The molecule has 0 bridgehead atoms. The predicted molar refractivity (Wildman–Crippen MR) is 86.4 cm³/mol. The lowest BCUT2D eigenvalue weighted by Crippen LogP contribution is -2.25. The smallest absolute Gasteiger partial charge is 0.314 e. The molecular weight excluding hydrogens is 260 g/mol. The maximum absolute atomic E-state index is 12.2. The van der Waals surface area contributed by atoms with E-state index in [1.807, 2.05) is 12.1 Å². The van der Waals surface area contributed by atoms with Crippen LogP contribution in [0.4, 0.5) is 0 Å². The molecule has 2 heteroatoms. The predicted octanol–water partition coefficient (Wildman–Crippen LogP) is 5.15. The van der Waals surface area contributed by atoms with Gasteiger partial charge in [-0.15, -0.1) is 0 Å². The Morgan fingerprint density at radius 2 is 1.71 bits per heavy atom. The number of carbonyl (C=O) groups is 1. The van der Waals surface area contributed by atoms with Crippen LogP contribution in [0.5, 0.6) is 5.75 Å². The van der Waals surface area contributed by atoms with Crippen molar-refractivity contribution in [1.82, 2.24) is 0 Å². The summed E-state index contributed by atoms with van der Waals surface area (Å²) in [6.45, 7) is 4.41. The van der Waals surface area contributed by atoms with E-state index in [1.54, 1.807) is 0 Å². The quantitative estimate of drug-likeness (QED) is 0.534. The third-order valence-corrected chi connectivity index (χ3v) is 4.56. The fourth-order valence-corrected chi connectivity index (χ4v) is 3.31. The summed E-state index contributed by atoms with van der Waals surface area (Å²) in [5.41, 5.74) is 1.30. The van der Waals surface area contributed by atoms with Crippen LogP contribution >= 0.6 is 0 Å². The Bertz CT molecular complexity index is 427. The van der Waals surface area contributed by atoms with Crippen molar-refractivity contribution >= 4 is 5.97 Å². The molecule has 1 aliphatic carbocycles. The van der Waals surface area contributed by atoms with E-state index in [2.05, 4.69) is 26.0 Å². The van der Waals surface area contributed by atoms with Gasteiger partial charge in [-0.2, -0.15) is 0 Å². The number of ether oxygens (including phenoxy) is 1. The zero-order chi connectivity index (χ0) is 15.1. The Morgan fingerprint density at radius 3 is 2.29 bits per heavy atom. The van der Waals surface area contributed by atoms with Gasteiger partial charge in [0.15, 0.2) is 0 Å². The molecule has 1 aromatic rings. The fourth-order valence-electron chi connectivity index (χ4n) is 3.31. The Labute approximate surface area is 128 Å². The maximum atomic E-state index is 12.2. The number of aryl methyl sites for hydroxylation is 1. The highest BCUT2D eigenvalue weighted by molar-refractivity contribution is 5.75. The molecule has 1 fully saturated rings. The molecule has 0 amide bonds. The van der Waals surface area contributed by atoms with Crippen molar-refractivity contribution in [3.05, 3.63) is 29.8 Å². The number of hydrogen-bond donors (Lipinski definition) is 0. The molecule has 0 aromatic heterocycles. The molecule has 1 saturated carbocycles. The largest absolute Gasteiger partial charge is 0.426 e. The van der Waals surface area contributed by atoms with Crippen molar-refractivity contribution in [2.45, 2.75) is 65.2 Å². The number of rotatable bonds is 6. The molecule has 0 aliphatic heterocycles. The van der Waals surface area contributed by atoms with E-state index in [-0.39, 0.29) is 11.9 Å². The molecule has 21 heavy (non-hydrogen) atoms. The first-order valence-corrected chi connectivity index (χ1v) is 8.53. The van der Waals surface area contributed by atoms with Gasteiger partial charge in [0, 0.05) is 0 Å². The van der Waals surface area contributed by atoms with Gasteiger partial charge in [-0.3, -0.25) is 4.79 Å². The molecule has 0 radical (unpaired) electrons. The summed E-state index contributed by atoms with van der Waals surface area (Å²) in [6.07, 6.45) is 9.14. The van der Waals surface area contributed by atoms with Crippen LogP contribution in [0, 0.1) is 11.8 Å². The van der Waals surface area contributed by atoms with Crippen molar-refractivity contribution < 1.29 is 9.53 Å². The molecule has 2 nitrogen and oxygen atoms in total. The number of hydrogen-bond acceptors (Lipinski definition) is 2. The van der Waals surface area contributed by atoms with Crippen LogP contribution in [-0.2, 0) is 11.2 Å². The minimum Gasteiger partial charge on any atom is -0.426 e. The summed E-state index contributed by atoms with van der Waals surface area (Å²) in [5, 5.41) is 0. The lowest BCUT2D eigenvalue weighted by Gasteiger charge is -2.26. The van der Waals surface area contributed by atoms with Crippen molar-refractivity contribution in [2.75, 3.05) is 0 Å². The van der Waals surface area contributed by atoms with Gasteiger partial charge in [0.2, 0.25) is 0 Å². The first-order valence-electron chi connectivity index (χ1n) is 8.53. The molecule has 1 aromatic carbocycles. The lowest BCUT2D eigenvalue weighted by molar-refractivity contribution is -0.140. The maximum Gasteiger partial charge on any atom is 0.314 e. The Kier molecular flexibility index (Phi) is 6.28. The molecule has 0 N–H and O–H groups in total. The lowest BCUT2D eigenvalue weighted by atomic mass is 9.80. The van der Waals surface area contributed by atoms with Gasteiger partial charge < -0.3 is 4.74 Å². The van der Waals surface area contributed by atoms with Gasteiger partial charge in [0.05, 0.1) is 5.92 Å². The van der Waals surface area contributed by atoms with Gasteiger partial charge in [-0.05, 0) is 55.7 Å². The first-order chi connectivity index (χ1) is 10.2. The van der Waals surface area contributed by atoms with Gasteiger partial charge in [0.1, 0.15) is 5.75 Å². The van der Waals surface area contributed by atoms with E-state index in [1.165, 1.54) is 31.2 Å². The first kappa shape index (κ1) is 16.1. The second kappa shape index (κ2) is 8.21. The van der Waals surface area contributed by atoms with Crippen LogP contribution in [0.2, 0.25) is 0 Å². The minimum absolute atomic E-state index is 0.0341. The molecule has 0 atom stereocenters. The normalized spacial score (nSPS) is 22.0. The Morgan fingerprint density at radius 1 is 1.05 bits per heavy atom. The summed E-state index contributed by atoms with van der Waals surface area (Å²) in [5.74, 6) is 1.59. The van der Waals surface area contributed by atoms with Crippen LogP contribution in [0.3, 0.4) is 0 Å². The van der Waals surface area contributed by atoms with Crippen LogP contribution < -0.4 is 4.74 Å². The highest BCUT2D eigenvalue weighted by atomic mass is 16.5. The van der Waals surface area contributed by atoms with Crippen LogP contribution in [0.1, 0.15) is 64.4 Å². The molecule has 1 aliphatic rings. The number of benzene rings is 1. The van der Waals surface area contributed by atoms with Crippen LogP contribution in [0.25, 0.3) is 0 Å². The van der Waals surface area contributed by atoms with E-state index in [0.29, 0.717) is 5.75 Å². The average molecular weight is 288 g/mol. The number of carbonyl (C=O) groups excluding carboxylic acids is 1. The molecule has 0 unspecified atom stereocenters. The number of esters is 1. The average Bonchev–Trinajstić information content (AvgIpc) is 2.50. The van der Waals surface area contributed by atoms with E-state index >= 15 is 0 Å². The van der Waals surface area contributed by atoms with Crippen molar-refractivity contribution in [3.8, 4) is 5.75 Å². The summed E-state index contributed by atoms with van der Waals surface area (Å²) < 4.78 is 5.54. The van der Waals surface area contributed by atoms with E-state index in [4.69, 9.17) is 4.74 Å². The van der Waals surface area contributed by atoms with E-state index in [9.17, 15) is 4.79 Å². The topological polar surface area (TPSA) is 26.3 Å². The third-order valence-electron chi connectivity index (χ3n) is 4.56.